The number of hydrogen-bond acceptors (Lipinski definition) is 3. The minimum atomic E-state index is -1.10. The first kappa shape index (κ1) is 10.8. The topological polar surface area (TPSA) is 69.7 Å². The van der Waals surface area contributed by atoms with Crippen LogP contribution in [-0.4, -0.2) is 17.4 Å². The Labute approximate surface area is 67.0 Å². The molecule has 11 heavy (non-hydrogen) atoms. The van der Waals surface area contributed by atoms with Crippen molar-refractivity contribution in [3.8, 4) is 0 Å². The van der Waals surface area contributed by atoms with E-state index in [0.29, 0.717) is 13.0 Å². The first-order valence-electron chi connectivity index (χ1n) is 3.73. The third-order valence-corrected chi connectivity index (χ3v) is 1.55. The summed E-state index contributed by atoms with van der Waals surface area (Å²) in [5, 5.41) is 9.45. The SMILES string of the molecule is CCON[NH+]([NH-])C(C)(O)CC. The van der Waals surface area contributed by atoms with Crippen LogP contribution in [0, 0.1) is 0 Å². The van der Waals surface area contributed by atoms with Crippen LogP contribution < -0.4 is 10.7 Å². The highest BCUT2D eigenvalue weighted by Gasteiger charge is 2.24. The van der Waals surface area contributed by atoms with Crippen LogP contribution in [0.5, 0.6) is 0 Å². The standard InChI is InChI=1S/C6H17N3O2/c1-4-6(3,10)9(7)8-11-5-2/h7-10H,4-5H2,1-3H3. The summed E-state index contributed by atoms with van der Waals surface area (Å²) in [6.45, 7) is 5.66. The lowest BCUT2D eigenvalue weighted by atomic mass is 10.2. The van der Waals surface area contributed by atoms with E-state index in [-0.39, 0.29) is 5.12 Å². The lowest BCUT2D eigenvalue weighted by Crippen LogP contribution is -3.20. The summed E-state index contributed by atoms with van der Waals surface area (Å²) < 4.78 is 0. The molecule has 0 aliphatic heterocycles. The Morgan fingerprint density at radius 2 is 2.18 bits per heavy atom. The molecule has 5 nitrogen and oxygen atoms in total. The lowest BCUT2D eigenvalue weighted by molar-refractivity contribution is -0.998. The summed E-state index contributed by atoms with van der Waals surface area (Å²) in [6.07, 6.45) is 0.492. The number of rotatable bonds is 5. The summed E-state index contributed by atoms with van der Waals surface area (Å²) in [4.78, 5) is 4.75. The maximum Gasteiger partial charge on any atom is 0.206 e. The molecule has 0 saturated carbocycles. The number of quaternary nitrogens is 1. The second-order valence-electron chi connectivity index (χ2n) is 2.54. The van der Waals surface area contributed by atoms with Crippen LogP contribution in [0.25, 0.3) is 5.84 Å². The van der Waals surface area contributed by atoms with Crippen molar-refractivity contribution in [2.45, 2.75) is 32.9 Å². The summed E-state index contributed by atoms with van der Waals surface area (Å²) in [5.74, 6) is 7.31. The summed E-state index contributed by atoms with van der Waals surface area (Å²) in [7, 11) is 0. The van der Waals surface area contributed by atoms with Gasteiger partial charge in [0.2, 0.25) is 5.72 Å². The minimum Gasteiger partial charge on any atom is -0.444 e. The molecule has 0 aromatic rings. The van der Waals surface area contributed by atoms with Crippen molar-refractivity contribution in [1.82, 2.24) is 5.59 Å². The molecule has 0 rings (SSSR count). The maximum atomic E-state index is 9.45. The van der Waals surface area contributed by atoms with E-state index in [4.69, 9.17) is 10.7 Å². The first-order chi connectivity index (χ1) is 5.04. The zero-order chi connectivity index (χ0) is 8.91. The lowest BCUT2D eigenvalue weighted by Gasteiger charge is -2.33. The van der Waals surface area contributed by atoms with Gasteiger partial charge in [-0.3, -0.25) is 9.96 Å². The van der Waals surface area contributed by atoms with Crippen LogP contribution in [0.4, 0.5) is 0 Å². The Morgan fingerprint density at radius 3 is 2.55 bits per heavy atom. The van der Waals surface area contributed by atoms with Gasteiger partial charge in [-0.15, -0.1) is 0 Å². The average molecular weight is 163 g/mol. The molecular weight excluding hydrogens is 146 g/mol. The van der Waals surface area contributed by atoms with Gasteiger partial charge in [0.25, 0.3) is 0 Å². The van der Waals surface area contributed by atoms with Crippen molar-refractivity contribution in [2.75, 3.05) is 6.61 Å². The largest absolute Gasteiger partial charge is 0.444 e. The molecule has 0 saturated heterocycles. The first-order valence-corrected chi connectivity index (χ1v) is 3.73. The number of aliphatic hydroxyl groups is 1. The number of nitrogens with one attached hydrogen (secondary N) is 3. The molecule has 0 bridgehead atoms. The number of hydrogen-bond donors (Lipinski definition) is 3. The predicted octanol–water partition coefficient (Wildman–Crippen LogP) is -0.587. The second kappa shape index (κ2) is 4.63. The van der Waals surface area contributed by atoms with E-state index in [1.807, 2.05) is 6.92 Å². The molecule has 4 N–H and O–H groups in total. The summed E-state index contributed by atoms with van der Waals surface area (Å²) >= 11 is 0. The molecule has 2 atom stereocenters. The molecule has 0 fully saturated rings. The van der Waals surface area contributed by atoms with Gasteiger partial charge in [-0.1, -0.05) is 6.92 Å². The average Bonchev–Trinajstić information content (AvgIpc) is 2.00. The smallest absolute Gasteiger partial charge is 0.206 e. The molecular formula is C6H17N3O2. The van der Waals surface area contributed by atoms with E-state index in [2.05, 4.69) is 5.59 Å². The molecule has 0 aromatic carbocycles. The van der Waals surface area contributed by atoms with Crippen LogP contribution in [0.2, 0.25) is 0 Å². The van der Waals surface area contributed by atoms with Gasteiger partial charge >= 0.3 is 0 Å². The zero-order valence-corrected chi connectivity index (χ0v) is 7.27. The summed E-state index contributed by atoms with van der Waals surface area (Å²) in [5.41, 5.74) is 1.25. The fourth-order valence-electron chi connectivity index (χ4n) is 0.431. The van der Waals surface area contributed by atoms with Crippen LogP contribution in [0.1, 0.15) is 27.2 Å². The Kier molecular flexibility index (Phi) is 4.55. The van der Waals surface area contributed by atoms with Crippen molar-refractivity contribution in [3.05, 3.63) is 5.84 Å². The van der Waals surface area contributed by atoms with Crippen molar-refractivity contribution in [1.29, 1.82) is 0 Å². The molecule has 0 aliphatic carbocycles. The van der Waals surface area contributed by atoms with Crippen molar-refractivity contribution in [2.24, 2.45) is 0 Å². The highest BCUT2D eigenvalue weighted by molar-refractivity contribution is 4.50. The van der Waals surface area contributed by atoms with Crippen molar-refractivity contribution >= 4 is 0 Å². The van der Waals surface area contributed by atoms with E-state index in [0.717, 1.165) is 0 Å². The Morgan fingerprint density at radius 1 is 1.64 bits per heavy atom. The van der Waals surface area contributed by atoms with Crippen LogP contribution in [0.15, 0.2) is 0 Å². The molecule has 0 aromatic heterocycles. The monoisotopic (exact) mass is 163 g/mol. The van der Waals surface area contributed by atoms with Gasteiger partial charge in [-0.25, -0.2) is 0 Å². The van der Waals surface area contributed by atoms with Gasteiger partial charge in [-0.2, -0.15) is 0 Å². The van der Waals surface area contributed by atoms with E-state index in [9.17, 15) is 5.11 Å². The highest BCUT2D eigenvalue weighted by Crippen LogP contribution is 1.96. The molecule has 0 heterocycles. The van der Waals surface area contributed by atoms with Gasteiger partial charge < -0.3 is 10.9 Å². The van der Waals surface area contributed by atoms with E-state index in [1.165, 1.54) is 0 Å². The van der Waals surface area contributed by atoms with Crippen molar-refractivity contribution < 1.29 is 15.1 Å². The van der Waals surface area contributed by atoms with Crippen molar-refractivity contribution in [3.63, 3.8) is 0 Å². The third kappa shape index (κ3) is 3.64. The Hall–Kier alpha value is -0.200. The molecule has 68 valence electrons. The maximum absolute atomic E-state index is 9.45. The van der Waals surface area contributed by atoms with Crippen LogP contribution in [0.3, 0.4) is 0 Å². The third-order valence-electron chi connectivity index (χ3n) is 1.55. The molecule has 0 radical (unpaired) electrons. The molecule has 0 amide bonds. The normalized spacial score (nSPS) is 19.4. The second-order valence-corrected chi connectivity index (χ2v) is 2.54. The van der Waals surface area contributed by atoms with Crippen LogP contribution in [-0.2, 0) is 4.84 Å². The van der Waals surface area contributed by atoms with E-state index in [1.54, 1.807) is 13.8 Å². The van der Waals surface area contributed by atoms with Gasteiger partial charge in [-0.05, 0) is 12.5 Å². The Balaban J connectivity index is 3.71. The zero-order valence-electron chi connectivity index (χ0n) is 7.27. The van der Waals surface area contributed by atoms with Gasteiger partial charge in [0.05, 0.1) is 6.61 Å². The van der Waals surface area contributed by atoms with Gasteiger partial charge in [0, 0.05) is 13.3 Å². The Bertz CT molecular complexity index is 108. The van der Waals surface area contributed by atoms with Crippen LogP contribution >= 0.6 is 0 Å². The van der Waals surface area contributed by atoms with E-state index >= 15 is 0 Å². The predicted molar refractivity (Wildman–Crippen MR) is 41.0 cm³/mol. The van der Waals surface area contributed by atoms with E-state index < -0.39 is 5.72 Å². The highest BCUT2D eigenvalue weighted by atomic mass is 16.7. The molecule has 0 aliphatic rings. The summed E-state index contributed by atoms with van der Waals surface area (Å²) in [6, 6.07) is 0. The quantitative estimate of drug-likeness (QED) is 0.375. The molecule has 2 unspecified atom stereocenters. The molecule has 0 spiro atoms. The molecule has 5 heteroatoms. The van der Waals surface area contributed by atoms with Gasteiger partial charge in [0.15, 0.2) is 0 Å². The minimum absolute atomic E-state index is 0.00171. The van der Waals surface area contributed by atoms with Gasteiger partial charge in [0.1, 0.15) is 0 Å². The fraction of sp³-hybridized carbons (Fsp3) is 1.00. The fourth-order valence-corrected chi connectivity index (χ4v) is 0.431.